The zero-order valence-corrected chi connectivity index (χ0v) is 20.3. The summed E-state index contributed by atoms with van der Waals surface area (Å²) in [5.41, 5.74) is -2.99. The number of rotatable bonds is 9. The van der Waals surface area contributed by atoms with Crippen LogP contribution in [-0.2, 0) is 6.18 Å². The molecule has 15 heteroatoms. The maximum atomic E-state index is 12.9. The quantitative estimate of drug-likeness (QED) is 0.267. The summed E-state index contributed by atoms with van der Waals surface area (Å²) < 4.78 is 64.3. The number of nitriles is 1. The summed E-state index contributed by atoms with van der Waals surface area (Å²) in [6.45, 7) is 3.35. The van der Waals surface area contributed by atoms with E-state index in [9.17, 15) is 32.0 Å². The van der Waals surface area contributed by atoms with Gasteiger partial charge in [-0.1, -0.05) is 13.0 Å². The molecule has 3 aromatic heterocycles. The Balaban J connectivity index is 1.99. The van der Waals surface area contributed by atoms with Crippen LogP contribution >= 0.6 is 0 Å². The highest BCUT2D eigenvalue weighted by molar-refractivity contribution is 6.12. The molecule has 2 atom stereocenters. The van der Waals surface area contributed by atoms with Crippen molar-refractivity contribution in [3.63, 3.8) is 0 Å². The van der Waals surface area contributed by atoms with Crippen LogP contribution in [0.15, 0.2) is 35.5 Å². The molecule has 0 saturated carbocycles. The molecule has 10 nitrogen and oxygen atoms in total. The van der Waals surface area contributed by atoms with Crippen molar-refractivity contribution in [1.29, 1.82) is 10.7 Å². The molecule has 2 unspecified atom stereocenters. The van der Waals surface area contributed by atoms with E-state index in [0.29, 0.717) is 12.0 Å². The predicted molar refractivity (Wildman–Crippen MR) is 127 cm³/mol. The fourth-order valence-corrected chi connectivity index (χ4v) is 3.55. The first-order chi connectivity index (χ1) is 17.9. The summed E-state index contributed by atoms with van der Waals surface area (Å²) in [5.74, 6) is 0.00564. The minimum atomic E-state index is -4.61. The van der Waals surface area contributed by atoms with Gasteiger partial charge < -0.3 is 10.2 Å². The topological polar surface area (TPSA) is 147 Å². The molecule has 0 amide bonds. The Kier molecular flexibility index (Phi) is 8.34. The standard InChI is InChI=1S/C23H22F5N9O/c1-4-15(19-32-9-13(10-33-19)18(24)25)37(3)22-35-20(17(14(30)7-29)21(38)36-22)34-11(2)12-5-6-16(31-8-12)23(26,27)28/h5-6,8-11,15,18,30H,4H2,1-3H3,(H2,34,35,36,38). The number of hydrogen-bond donors (Lipinski definition) is 3. The Hall–Kier alpha value is -4.48. The second-order valence-corrected chi connectivity index (χ2v) is 8.15. The maximum Gasteiger partial charge on any atom is 0.433 e. The number of H-pyrrole nitrogens is 1. The van der Waals surface area contributed by atoms with Crippen LogP contribution in [-0.4, -0.2) is 37.7 Å². The number of hydrogen-bond acceptors (Lipinski definition) is 9. The van der Waals surface area contributed by atoms with Crippen molar-refractivity contribution in [3.8, 4) is 6.07 Å². The molecule has 38 heavy (non-hydrogen) atoms. The predicted octanol–water partition coefficient (Wildman–Crippen LogP) is 4.56. The maximum absolute atomic E-state index is 12.9. The van der Waals surface area contributed by atoms with Crippen molar-refractivity contribution in [2.45, 2.75) is 45.0 Å². The molecule has 3 N–H and O–H groups in total. The van der Waals surface area contributed by atoms with E-state index in [1.165, 1.54) is 11.0 Å². The lowest BCUT2D eigenvalue weighted by molar-refractivity contribution is -0.141. The van der Waals surface area contributed by atoms with Crippen molar-refractivity contribution in [1.82, 2.24) is 24.9 Å². The smallest absolute Gasteiger partial charge is 0.363 e. The van der Waals surface area contributed by atoms with E-state index in [-0.39, 0.29) is 28.7 Å². The van der Waals surface area contributed by atoms with Crippen LogP contribution in [0.5, 0.6) is 0 Å². The highest BCUT2D eigenvalue weighted by Crippen LogP contribution is 2.29. The van der Waals surface area contributed by atoms with Gasteiger partial charge in [0.25, 0.3) is 12.0 Å². The monoisotopic (exact) mass is 535 g/mol. The number of aromatic nitrogens is 5. The average Bonchev–Trinajstić information content (AvgIpc) is 2.88. The van der Waals surface area contributed by atoms with Crippen molar-refractivity contribution in [2.24, 2.45) is 0 Å². The average molecular weight is 535 g/mol. The molecule has 200 valence electrons. The van der Waals surface area contributed by atoms with Gasteiger partial charge >= 0.3 is 6.18 Å². The van der Waals surface area contributed by atoms with E-state index in [4.69, 9.17) is 5.41 Å². The molecule has 0 aromatic carbocycles. The number of aromatic amines is 1. The van der Waals surface area contributed by atoms with Crippen molar-refractivity contribution < 1.29 is 22.0 Å². The Labute approximate surface area is 213 Å². The summed E-state index contributed by atoms with van der Waals surface area (Å²) >= 11 is 0. The Morgan fingerprint density at radius 1 is 1.18 bits per heavy atom. The SMILES string of the molecule is CCC(c1ncc(C(F)F)cn1)N(C)c1nc(NC(C)c2ccc(C(F)(F)F)nc2)c(C(=N)C#N)c(=O)[nH]1. The third kappa shape index (κ3) is 6.07. The number of nitrogens with zero attached hydrogens (tertiary/aromatic N) is 6. The normalized spacial score (nSPS) is 13.1. The van der Waals surface area contributed by atoms with Crippen LogP contribution < -0.4 is 15.8 Å². The van der Waals surface area contributed by atoms with Gasteiger partial charge in [0, 0.05) is 25.6 Å². The summed E-state index contributed by atoms with van der Waals surface area (Å²) in [6.07, 6.45) is -3.94. The molecule has 0 saturated heterocycles. The second kappa shape index (κ2) is 11.3. The van der Waals surface area contributed by atoms with Crippen LogP contribution in [0, 0.1) is 16.7 Å². The number of halogens is 5. The first kappa shape index (κ1) is 28.1. The van der Waals surface area contributed by atoms with Gasteiger partial charge in [0.2, 0.25) is 5.95 Å². The number of pyridine rings is 1. The first-order valence-electron chi connectivity index (χ1n) is 11.1. The van der Waals surface area contributed by atoms with Gasteiger partial charge in [-0.05, 0) is 25.0 Å². The molecule has 3 aromatic rings. The van der Waals surface area contributed by atoms with Crippen molar-refractivity contribution >= 4 is 17.5 Å². The lowest BCUT2D eigenvalue weighted by atomic mass is 10.1. The second-order valence-electron chi connectivity index (χ2n) is 8.15. The Bertz CT molecular complexity index is 1380. The highest BCUT2D eigenvalue weighted by Gasteiger charge is 2.32. The molecule has 3 heterocycles. The molecule has 0 spiro atoms. The van der Waals surface area contributed by atoms with Crippen LogP contribution in [0.25, 0.3) is 0 Å². The lowest BCUT2D eigenvalue weighted by Crippen LogP contribution is -2.31. The summed E-state index contributed by atoms with van der Waals surface area (Å²) in [7, 11) is 1.55. The highest BCUT2D eigenvalue weighted by atomic mass is 19.4. The molecule has 0 radical (unpaired) electrons. The zero-order chi connectivity index (χ0) is 28.2. The van der Waals surface area contributed by atoms with Crippen LogP contribution in [0.4, 0.5) is 33.7 Å². The van der Waals surface area contributed by atoms with E-state index >= 15 is 0 Å². The van der Waals surface area contributed by atoms with Crippen molar-refractivity contribution in [2.75, 3.05) is 17.3 Å². The minimum Gasteiger partial charge on any atom is -0.363 e. The lowest BCUT2D eigenvalue weighted by Gasteiger charge is -2.27. The molecule has 0 aliphatic heterocycles. The van der Waals surface area contributed by atoms with Crippen LogP contribution in [0.3, 0.4) is 0 Å². The number of anilines is 2. The zero-order valence-electron chi connectivity index (χ0n) is 20.3. The Morgan fingerprint density at radius 3 is 2.32 bits per heavy atom. The van der Waals surface area contributed by atoms with Crippen molar-refractivity contribution in [3.05, 3.63) is 69.3 Å². The molecule has 0 bridgehead atoms. The fourth-order valence-electron chi connectivity index (χ4n) is 3.55. The van der Waals surface area contributed by atoms with Gasteiger partial charge in [-0.15, -0.1) is 0 Å². The van der Waals surface area contributed by atoms with Crippen LogP contribution in [0.1, 0.15) is 67.0 Å². The van der Waals surface area contributed by atoms with E-state index < -0.39 is 41.7 Å². The summed E-state index contributed by atoms with van der Waals surface area (Å²) in [6, 6.07) is 2.26. The third-order valence-corrected chi connectivity index (χ3v) is 5.63. The van der Waals surface area contributed by atoms with Gasteiger partial charge in [0.1, 0.15) is 28.9 Å². The molecular weight excluding hydrogens is 513 g/mol. The summed E-state index contributed by atoms with van der Waals surface area (Å²) in [4.78, 5) is 32.7. The molecule has 3 rings (SSSR count). The molecule has 0 aliphatic rings. The largest absolute Gasteiger partial charge is 0.433 e. The first-order valence-corrected chi connectivity index (χ1v) is 11.1. The van der Waals surface area contributed by atoms with Gasteiger partial charge in [-0.2, -0.15) is 23.4 Å². The molecule has 0 aliphatic carbocycles. The molecular formula is C23H22F5N9O. The van der Waals surface area contributed by atoms with Gasteiger partial charge in [0.15, 0.2) is 5.82 Å². The van der Waals surface area contributed by atoms with Gasteiger partial charge in [-0.25, -0.2) is 18.7 Å². The Morgan fingerprint density at radius 2 is 1.82 bits per heavy atom. The summed E-state index contributed by atoms with van der Waals surface area (Å²) in [5, 5.41) is 20.0. The van der Waals surface area contributed by atoms with E-state index in [1.54, 1.807) is 27.0 Å². The number of nitrogens with one attached hydrogen (secondary N) is 3. The van der Waals surface area contributed by atoms with Gasteiger partial charge in [0.05, 0.1) is 17.6 Å². The van der Waals surface area contributed by atoms with Crippen LogP contribution in [0.2, 0.25) is 0 Å². The fraction of sp³-hybridized carbons (Fsp3) is 0.348. The molecule has 0 fully saturated rings. The number of alkyl halides is 5. The van der Waals surface area contributed by atoms with E-state index in [2.05, 4.69) is 30.2 Å². The third-order valence-electron chi connectivity index (χ3n) is 5.63. The van der Waals surface area contributed by atoms with E-state index in [1.807, 2.05) is 0 Å². The van der Waals surface area contributed by atoms with E-state index in [0.717, 1.165) is 24.7 Å². The minimum absolute atomic E-state index is 0.0156. The van der Waals surface area contributed by atoms with Gasteiger partial charge in [-0.3, -0.25) is 20.2 Å².